The molecule has 0 unspecified atom stereocenters. The normalized spacial score (nSPS) is 19.6. The minimum absolute atomic E-state index is 0.131. The number of alkyl halides is 3. The van der Waals surface area contributed by atoms with Crippen molar-refractivity contribution in [3.05, 3.63) is 71.3 Å². The van der Waals surface area contributed by atoms with E-state index in [2.05, 4.69) is 3.07 Å². The quantitative estimate of drug-likeness (QED) is 0.197. The van der Waals surface area contributed by atoms with Gasteiger partial charge < -0.3 is 17.3 Å². The molecule has 0 atom stereocenters. The predicted octanol–water partition coefficient (Wildman–Crippen LogP) is 7.45. The van der Waals surface area contributed by atoms with Crippen LogP contribution >= 0.6 is 23.0 Å². The molecule has 1 aliphatic rings. The predicted molar refractivity (Wildman–Crippen MR) is 142 cm³/mol. The van der Waals surface area contributed by atoms with E-state index in [0.29, 0.717) is 25.7 Å². The molecule has 0 aromatic heterocycles. The molecule has 3 aromatic carbocycles. The zero-order valence-electron chi connectivity index (χ0n) is 20.8. The Bertz CT molecular complexity index is 1330. The minimum atomic E-state index is -4.73. The van der Waals surface area contributed by atoms with Crippen LogP contribution in [0.5, 0.6) is 11.5 Å². The van der Waals surface area contributed by atoms with E-state index >= 15 is 0 Å². The highest BCUT2D eigenvalue weighted by Crippen LogP contribution is 2.43. The number of hydrogen-bond acceptors (Lipinski definition) is 6. The van der Waals surface area contributed by atoms with Crippen LogP contribution in [0.25, 0.3) is 10.8 Å². The maximum absolute atomic E-state index is 13.8. The second-order valence-electron chi connectivity index (χ2n) is 9.50. The number of benzene rings is 3. The average Bonchev–Trinajstić information content (AvgIpc) is 2.91. The summed E-state index contributed by atoms with van der Waals surface area (Å²) in [5, 5.41) is 2.06. The van der Waals surface area contributed by atoms with Crippen LogP contribution in [-0.4, -0.2) is 25.2 Å². The summed E-state index contributed by atoms with van der Waals surface area (Å²) >= 11 is 1.35. The van der Waals surface area contributed by atoms with Gasteiger partial charge in [-0.05, 0) is 61.1 Å². The second-order valence-corrected chi connectivity index (χ2v) is 9.94. The first-order valence-electron chi connectivity index (χ1n) is 12.0. The van der Waals surface area contributed by atoms with Crippen molar-refractivity contribution in [1.82, 2.24) is 0 Å². The molecule has 0 saturated heterocycles. The standard InChI is InChI=1S/C28H26F3IO6/c1-27(26(34)36-16-18-8-5-7-17-6-3-4-9-20(17)18)12-10-19(11-13-27)37-24-14-21(25(33)38-32)23(35-2)15-22(24)28(29,30)31/h3-9,14-15,19H,10-13,16H2,1-2H3. The molecule has 1 saturated carbocycles. The first-order chi connectivity index (χ1) is 18.1. The lowest BCUT2D eigenvalue weighted by Gasteiger charge is -2.35. The Morgan fingerprint density at radius 1 is 1.03 bits per heavy atom. The molecule has 0 amide bonds. The van der Waals surface area contributed by atoms with Crippen LogP contribution in [0.2, 0.25) is 0 Å². The van der Waals surface area contributed by atoms with Gasteiger partial charge in [-0.1, -0.05) is 42.5 Å². The molecule has 1 fully saturated rings. The van der Waals surface area contributed by atoms with Gasteiger partial charge in [-0.15, -0.1) is 0 Å². The van der Waals surface area contributed by atoms with Crippen molar-refractivity contribution in [2.24, 2.45) is 5.41 Å². The highest BCUT2D eigenvalue weighted by molar-refractivity contribution is 14.1. The van der Waals surface area contributed by atoms with Gasteiger partial charge in [-0.3, -0.25) is 4.79 Å². The van der Waals surface area contributed by atoms with E-state index in [-0.39, 0.29) is 23.9 Å². The smallest absolute Gasteiger partial charge is 0.420 e. The zero-order chi connectivity index (χ0) is 27.5. The average molecular weight is 642 g/mol. The molecule has 0 radical (unpaired) electrons. The van der Waals surface area contributed by atoms with E-state index in [4.69, 9.17) is 14.2 Å². The Morgan fingerprint density at radius 3 is 2.37 bits per heavy atom. The topological polar surface area (TPSA) is 71.1 Å². The summed E-state index contributed by atoms with van der Waals surface area (Å²) in [7, 11) is 1.17. The number of esters is 1. The largest absolute Gasteiger partial charge is 0.496 e. The van der Waals surface area contributed by atoms with Gasteiger partial charge in [-0.25, -0.2) is 4.79 Å². The van der Waals surface area contributed by atoms with Crippen molar-refractivity contribution in [3.63, 3.8) is 0 Å². The monoisotopic (exact) mass is 642 g/mol. The molecule has 202 valence electrons. The van der Waals surface area contributed by atoms with E-state index in [9.17, 15) is 22.8 Å². The molecule has 10 heteroatoms. The Labute approximate surface area is 232 Å². The first kappa shape index (κ1) is 28.0. The van der Waals surface area contributed by atoms with Gasteiger partial charge in [0.25, 0.3) is 0 Å². The number of halogens is 4. The Hall–Kier alpha value is -3.02. The third-order valence-electron chi connectivity index (χ3n) is 6.96. The fourth-order valence-electron chi connectivity index (χ4n) is 4.71. The van der Waals surface area contributed by atoms with Crippen molar-refractivity contribution in [2.75, 3.05) is 7.11 Å². The maximum Gasteiger partial charge on any atom is 0.420 e. The number of fused-ring (bicyclic) bond motifs is 1. The van der Waals surface area contributed by atoms with E-state index in [1.807, 2.05) is 42.5 Å². The summed E-state index contributed by atoms with van der Waals surface area (Å²) < 4.78 is 62.4. The summed E-state index contributed by atoms with van der Waals surface area (Å²) in [6.45, 7) is 1.93. The van der Waals surface area contributed by atoms with Crippen LogP contribution in [0.15, 0.2) is 54.6 Å². The van der Waals surface area contributed by atoms with Crippen molar-refractivity contribution in [3.8, 4) is 11.5 Å². The third-order valence-corrected chi connectivity index (χ3v) is 7.36. The number of carbonyl (C=O) groups is 2. The summed E-state index contributed by atoms with van der Waals surface area (Å²) in [5.74, 6) is -1.96. The van der Waals surface area contributed by atoms with E-state index in [1.54, 1.807) is 6.92 Å². The van der Waals surface area contributed by atoms with E-state index in [1.165, 1.54) is 30.1 Å². The SMILES string of the molecule is COc1cc(C(F)(F)F)c(OC2CCC(C)(C(=O)OCc3cccc4ccccc34)CC2)cc1C(=O)OI. The van der Waals surface area contributed by atoms with Crippen molar-refractivity contribution in [2.45, 2.75) is 51.5 Å². The maximum atomic E-state index is 13.8. The number of ether oxygens (including phenoxy) is 3. The van der Waals surface area contributed by atoms with Crippen LogP contribution in [0.4, 0.5) is 13.2 Å². The third kappa shape index (κ3) is 6.00. The fraction of sp³-hybridized carbons (Fsp3) is 0.357. The van der Waals surface area contributed by atoms with Gasteiger partial charge in [-0.2, -0.15) is 13.2 Å². The Balaban J connectivity index is 1.44. The van der Waals surface area contributed by atoms with Gasteiger partial charge in [0, 0.05) is 0 Å². The van der Waals surface area contributed by atoms with E-state index < -0.39 is 35.0 Å². The number of rotatable bonds is 7. The molecular weight excluding hydrogens is 616 g/mol. The molecule has 0 aliphatic heterocycles. The fourth-order valence-corrected chi connectivity index (χ4v) is 4.95. The molecule has 0 N–H and O–H groups in total. The second kappa shape index (κ2) is 11.4. The van der Waals surface area contributed by atoms with Crippen molar-refractivity contribution in [1.29, 1.82) is 0 Å². The minimum Gasteiger partial charge on any atom is -0.496 e. The molecule has 6 nitrogen and oxygen atoms in total. The van der Waals surface area contributed by atoms with Gasteiger partial charge in [0.1, 0.15) is 29.2 Å². The van der Waals surface area contributed by atoms with Crippen LogP contribution in [-0.2, 0) is 25.4 Å². The Morgan fingerprint density at radius 2 is 1.71 bits per heavy atom. The van der Waals surface area contributed by atoms with Crippen LogP contribution < -0.4 is 9.47 Å². The molecular formula is C28H26F3IO6. The molecule has 0 bridgehead atoms. The van der Waals surface area contributed by atoms with Gasteiger partial charge >= 0.3 is 18.1 Å². The number of methoxy groups -OCH3 is 1. The highest BCUT2D eigenvalue weighted by atomic mass is 127. The molecule has 0 heterocycles. The number of hydrogen-bond donors (Lipinski definition) is 0. The van der Waals surface area contributed by atoms with Gasteiger partial charge in [0.2, 0.25) is 0 Å². The molecule has 3 aromatic rings. The van der Waals surface area contributed by atoms with E-state index in [0.717, 1.165) is 28.5 Å². The van der Waals surface area contributed by atoms with Gasteiger partial charge in [0.15, 0.2) is 23.0 Å². The van der Waals surface area contributed by atoms with Crippen molar-refractivity contribution >= 4 is 45.7 Å². The highest BCUT2D eigenvalue weighted by Gasteiger charge is 2.41. The summed E-state index contributed by atoms with van der Waals surface area (Å²) in [6.07, 6.45) is -3.86. The zero-order valence-corrected chi connectivity index (χ0v) is 22.9. The lowest BCUT2D eigenvalue weighted by Crippen LogP contribution is -2.37. The summed E-state index contributed by atoms with van der Waals surface area (Å²) in [5.41, 5.74) is -1.12. The molecule has 1 aliphatic carbocycles. The summed E-state index contributed by atoms with van der Waals surface area (Å²) in [6, 6.07) is 15.4. The van der Waals surface area contributed by atoms with Crippen LogP contribution in [0.1, 0.15) is 54.1 Å². The van der Waals surface area contributed by atoms with Crippen molar-refractivity contribution < 1.29 is 40.0 Å². The summed E-state index contributed by atoms with van der Waals surface area (Å²) in [4.78, 5) is 25.1. The van der Waals surface area contributed by atoms with Crippen LogP contribution in [0, 0.1) is 5.41 Å². The lowest BCUT2D eigenvalue weighted by atomic mass is 9.74. The molecule has 0 spiro atoms. The molecule has 4 rings (SSSR count). The van der Waals surface area contributed by atoms with Gasteiger partial charge in [0.05, 0.1) is 18.6 Å². The first-order valence-corrected chi connectivity index (χ1v) is 12.9. The molecule has 38 heavy (non-hydrogen) atoms. The number of carbonyl (C=O) groups excluding carboxylic acids is 2. The Kier molecular flexibility index (Phi) is 8.39. The lowest BCUT2D eigenvalue weighted by molar-refractivity contribution is -0.159. The van der Waals surface area contributed by atoms with Crippen LogP contribution in [0.3, 0.4) is 0 Å².